The molecule has 0 bridgehead atoms. The Kier molecular flexibility index (Phi) is 9.69. The fourth-order valence-electron chi connectivity index (χ4n) is 2.36. The van der Waals surface area contributed by atoms with Crippen molar-refractivity contribution in [3.63, 3.8) is 0 Å². The van der Waals surface area contributed by atoms with E-state index in [2.05, 4.69) is 54.4 Å². The third kappa shape index (κ3) is 6.26. The van der Waals surface area contributed by atoms with Gasteiger partial charge in [-0.1, -0.05) is 82.5 Å². The molecule has 1 aromatic carbocycles. The lowest BCUT2D eigenvalue weighted by Crippen LogP contribution is -1.89. The number of benzene rings is 1. The van der Waals surface area contributed by atoms with E-state index in [1.54, 1.807) is 0 Å². The minimum atomic E-state index is 1.14. The molecule has 0 spiro atoms. The standard InChI is InChI=1S/C19H23N.C2H6/c1-2-3-4-5-9-14-19(17-11-7-6-8-12-17)18-13-10-15-20-16-18;1-2/h6-8,10-16H,2-5,9H2,1H3;1-2H3/b19-14+;. The molecule has 1 nitrogen and oxygen atoms in total. The Bertz CT molecular complexity index is 473. The summed E-state index contributed by atoms with van der Waals surface area (Å²) >= 11 is 0. The highest BCUT2D eigenvalue weighted by Gasteiger charge is 2.03. The van der Waals surface area contributed by atoms with Gasteiger partial charge in [0.2, 0.25) is 0 Å². The Hall–Kier alpha value is -1.89. The monoisotopic (exact) mass is 295 g/mol. The van der Waals surface area contributed by atoms with Crippen molar-refractivity contribution in [2.75, 3.05) is 0 Å². The molecule has 0 saturated heterocycles. The number of pyridine rings is 1. The molecule has 118 valence electrons. The van der Waals surface area contributed by atoms with Gasteiger partial charge in [0.1, 0.15) is 0 Å². The zero-order chi connectivity index (χ0) is 16.0. The average molecular weight is 295 g/mol. The molecule has 0 atom stereocenters. The van der Waals surface area contributed by atoms with Crippen LogP contribution < -0.4 is 0 Å². The maximum absolute atomic E-state index is 4.25. The smallest absolute Gasteiger partial charge is 0.0346 e. The third-order valence-corrected chi connectivity index (χ3v) is 3.46. The molecule has 22 heavy (non-hydrogen) atoms. The van der Waals surface area contributed by atoms with Gasteiger partial charge in [-0.3, -0.25) is 4.98 Å². The van der Waals surface area contributed by atoms with E-state index in [0.29, 0.717) is 0 Å². The largest absolute Gasteiger partial charge is 0.264 e. The van der Waals surface area contributed by atoms with Crippen molar-refractivity contribution in [3.05, 3.63) is 72.1 Å². The van der Waals surface area contributed by atoms with E-state index in [1.807, 2.05) is 32.3 Å². The minimum Gasteiger partial charge on any atom is -0.264 e. The molecule has 2 aromatic rings. The predicted octanol–water partition coefficient (Wildman–Crippen LogP) is 6.51. The molecule has 1 heterocycles. The van der Waals surface area contributed by atoms with Gasteiger partial charge < -0.3 is 0 Å². The van der Waals surface area contributed by atoms with Crippen molar-refractivity contribution >= 4 is 5.57 Å². The van der Waals surface area contributed by atoms with Crippen LogP contribution in [0.4, 0.5) is 0 Å². The van der Waals surface area contributed by atoms with Crippen molar-refractivity contribution in [1.29, 1.82) is 0 Å². The van der Waals surface area contributed by atoms with Gasteiger partial charge in [-0.05, 0) is 30.0 Å². The summed E-state index contributed by atoms with van der Waals surface area (Å²) in [6.07, 6.45) is 12.5. The molecule has 0 saturated carbocycles. The number of unbranched alkanes of at least 4 members (excludes halogenated alkanes) is 4. The minimum absolute atomic E-state index is 1.14. The highest BCUT2D eigenvalue weighted by atomic mass is 14.6. The third-order valence-electron chi connectivity index (χ3n) is 3.46. The number of aromatic nitrogens is 1. The van der Waals surface area contributed by atoms with E-state index in [4.69, 9.17) is 0 Å². The Morgan fingerprint density at radius 2 is 1.64 bits per heavy atom. The second-order valence-electron chi connectivity index (χ2n) is 5.07. The van der Waals surface area contributed by atoms with Crippen LogP contribution in [0.2, 0.25) is 0 Å². The zero-order valence-electron chi connectivity index (χ0n) is 14.3. The molecule has 0 aliphatic rings. The van der Waals surface area contributed by atoms with Crippen molar-refractivity contribution in [2.45, 2.75) is 52.9 Å². The molecule has 0 N–H and O–H groups in total. The molecule has 2 rings (SSSR count). The van der Waals surface area contributed by atoms with Gasteiger partial charge in [-0.2, -0.15) is 0 Å². The highest BCUT2D eigenvalue weighted by Crippen LogP contribution is 2.23. The van der Waals surface area contributed by atoms with Crippen LogP contribution in [-0.2, 0) is 0 Å². The normalized spacial score (nSPS) is 10.8. The molecular weight excluding hydrogens is 266 g/mol. The van der Waals surface area contributed by atoms with Crippen LogP contribution in [0.15, 0.2) is 60.9 Å². The summed E-state index contributed by atoms with van der Waals surface area (Å²) in [7, 11) is 0. The summed E-state index contributed by atoms with van der Waals surface area (Å²) in [6.45, 7) is 6.25. The molecule has 0 amide bonds. The van der Waals surface area contributed by atoms with Crippen molar-refractivity contribution < 1.29 is 0 Å². The van der Waals surface area contributed by atoms with E-state index < -0.39 is 0 Å². The van der Waals surface area contributed by atoms with Crippen LogP contribution in [0.5, 0.6) is 0 Å². The van der Waals surface area contributed by atoms with Crippen molar-refractivity contribution in [1.82, 2.24) is 4.98 Å². The van der Waals surface area contributed by atoms with Gasteiger partial charge in [0.25, 0.3) is 0 Å². The summed E-state index contributed by atoms with van der Waals surface area (Å²) < 4.78 is 0. The first-order chi connectivity index (χ1) is 10.9. The van der Waals surface area contributed by atoms with Gasteiger partial charge in [0.15, 0.2) is 0 Å². The molecule has 1 heteroatoms. The number of rotatable bonds is 7. The van der Waals surface area contributed by atoms with Crippen molar-refractivity contribution in [3.8, 4) is 0 Å². The maximum Gasteiger partial charge on any atom is 0.0346 e. The number of hydrogen-bond acceptors (Lipinski definition) is 1. The Balaban J connectivity index is 0.00000116. The first-order valence-corrected chi connectivity index (χ1v) is 8.58. The van der Waals surface area contributed by atoms with Crippen molar-refractivity contribution in [2.24, 2.45) is 0 Å². The molecule has 0 aliphatic carbocycles. The fourth-order valence-corrected chi connectivity index (χ4v) is 2.36. The fraction of sp³-hybridized carbons (Fsp3) is 0.381. The van der Waals surface area contributed by atoms with Crippen LogP contribution in [-0.4, -0.2) is 4.98 Å². The van der Waals surface area contributed by atoms with Crippen LogP contribution in [0.1, 0.15) is 64.0 Å². The van der Waals surface area contributed by atoms with E-state index in [1.165, 1.54) is 42.4 Å². The topological polar surface area (TPSA) is 12.9 Å². The number of nitrogens with zero attached hydrogens (tertiary/aromatic N) is 1. The summed E-state index contributed by atoms with van der Waals surface area (Å²) in [5.41, 5.74) is 3.78. The number of allylic oxidation sites excluding steroid dienone is 1. The lowest BCUT2D eigenvalue weighted by atomic mass is 9.97. The average Bonchev–Trinajstić information content (AvgIpc) is 2.61. The van der Waals surface area contributed by atoms with Crippen LogP contribution in [0.3, 0.4) is 0 Å². The maximum atomic E-state index is 4.25. The summed E-state index contributed by atoms with van der Waals surface area (Å²) in [4.78, 5) is 4.25. The van der Waals surface area contributed by atoms with E-state index in [9.17, 15) is 0 Å². The van der Waals surface area contributed by atoms with E-state index in [0.717, 1.165) is 6.42 Å². The lowest BCUT2D eigenvalue weighted by molar-refractivity contribution is 0.675. The summed E-state index contributed by atoms with van der Waals surface area (Å²) in [5.74, 6) is 0. The summed E-state index contributed by atoms with van der Waals surface area (Å²) in [5, 5.41) is 0. The highest BCUT2D eigenvalue weighted by molar-refractivity contribution is 5.79. The molecule has 0 unspecified atom stereocenters. The predicted molar refractivity (Wildman–Crippen MR) is 97.9 cm³/mol. The second-order valence-corrected chi connectivity index (χ2v) is 5.07. The first kappa shape index (κ1) is 18.2. The molecular formula is C21H29N. The quantitative estimate of drug-likeness (QED) is 0.530. The molecule has 0 radical (unpaired) electrons. The molecule has 0 fully saturated rings. The zero-order valence-corrected chi connectivity index (χ0v) is 14.3. The van der Waals surface area contributed by atoms with E-state index >= 15 is 0 Å². The van der Waals surface area contributed by atoms with Crippen LogP contribution >= 0.6 is 0 Å². The van der Waals surface area contributed by atoms with Gasteiger partial charge in [0, 0.05) is 18.0 Å². The molecule has 1 aromatic heterocycles. The Morgan fingerprint density at radius 1 is 0.909 bits per heavy atom. The first-order valence-electron chi connectivity index (χ1n) is 8.58. The number of hydrogen-bond donors (Lipinski definition) is 0. The van der Waals surface area contributed by atoms with Gasteiger partial charge in [0.05, 0.1) is 0 Å². The Morgan fingerprint density at radius 3 is 2.27 bits per heavy atom. The van der Waals surface area contributed by atoms with Crippen LogP contribution in [0, 0.1) is 0 Å². The van der Waals surface area contributed by atoms with Gasteiger partial charge >= 0.3 is 0 Å². The van der Waals surface area contributed by atoms with Gasteiger partial charge in [-0.15, -0.1) is 0 Å². The Labute approximate surface area is 136 Å². The SMILES string of the molecule is CC.CCCCCC/C=C(\c1ccccc1)c1cccnc1. The lowest BCUT2D eigenvalue weighted by Gasteiger charge is -2.08. The summed E-state index contributed by atoms with van der Waals surface area (Å²) in [6, 6.07) is 14.7. The van der Waals surface area contributed by atoms with Crippen LogP contribution in [0.25, 0.3) is 5.57 Å². The molecule has 0 aliphatic heterocycles. The second kappa shape index (κ2) is 11.7. The van der Waals surface area contributed by atoms with Gasteiger partial charge in [-0.25, -0.2) is 0 Å². The van der Waals surface area contributed by atoms with E-state index in [-0.39, 0.29) is 0 Å².